The molecular formula is C25H31ClFN3O6S. The minimum atomic E-state index is -4.45. The lowest BCUT2D eigenvalue weighted by Gasteiger charge is -2.44. The van der Waals surface area contributed by atoms with Crippen LogP contribution in [0.2, 0.25) is 5.02 Å². The summed E-state index contributed by atoms with van der Waals surface area (Å²) >= 11 is 6.00. The first kappa shape index (κ1) is 29.0. The summed E-state index contributed by atoms with van der Waals surface area (Å²) in [7, 11) is -4.45. The van der Waals surface area contributed by atoms with Gasteiger partial charge >= 0.3 is 5.97 Å². The van der Waals surface area contributed by atoms with Crippen molar-refractivity contribution in [2.45, 2.75) is 51.2 Å². The van der Waals surface area contributed by atoms with Gasteiger partial charge in [0.25, 0.3) is 5.91 Å². The van der Waals surface area contributed by atoms with Crippen LogP contribution in [-0.4, -0.2) is 76.7 Å². The number of hydroxylamine groups is 1. The third-order valence-corrected chi connectivity index (χ3v) is 8.48. The van der Waals surface area contributed by atoms with Gasteiger partial charge in [-0.3, -0.25) is 19.3 Å². The number of aliphatic carboxylic acids is 1. The zero-order valence-corrected chi connectivity index (χ0v) is 22.5. The first-order valence-corrected chi connectivity index (χ1v) is 13.7. The summed E-state index contributed by atoms with van der Waals surface area (Å²) in [5, 5.41) is 7.88. The van der Waals surface area contributed by atoms with Gasteiger partial charge < -0.3 is 10.0 Å². The smallest absolute Gasteiger partial charge is 0.323 e. The number of benzene rings is 2. The van der Waals surface area contributed by atoms with Crippen LogP contribution in [0.15, 0.2) is 48.5 Å². The van der Waals surface area contributed by atoms with Gasteiger partial charge in [-0.15, -0.1) is 0 Å². The van der Waals surface area contributed by atoms with Gasteiger partial charge in [-0.1, -0.05) is 40.3 Å². The van der Waals surface area contributed by atoms with Crippen LogP contribution in [0.1, 0.15) is 31.9 Å². The molecule has 3 rings (SSSR count). The molecule has 202 valence electrons. The van der Waals surface area contributed by atoms with Gasteiger partial charge in [0.1, 0.15) is 12.4 Å². The van der Waals surface area contributed by atoms with Crippen LogP contribution >= 0.6 is 11.6 Å². The zero-order chi connectivity index (χ0) is 27.3. The summed E-state index contributed by atoms with van der Waals surface area (Å²) in [5.74, 6) is -2.26. The number of hydrogen-bond donors (Lipinski definition) is 1. The van der Waals surface area contributed by atoms with E-state index in [2.05, 4.69) is 4.90 Å². The molecule has 1 fully saturated rings. The molecule has 0 aromatic heterocycles. The number of carboxylic acid groups (broad SMARTS) is 1. The molecule has 0 aliphatic carbocycles. The maximum absolute atomic E-state index is 13.2. The molecule has 1 unspecified atom stereocenters. The highest BCUT2D eigenvalue weighted by atomic mass is 35.5. The average molecular weight is 556 g/mol. The third-order valence-electron chi connectivity index (χ3n) is 6.35. The van der Waals surface area contributed by atoms with Crippen LogP contribution in [0.5, 0.6) is 0 Å². The minimum Gasteiger partial charge on any atom is -0.480 e. The Bertz CT molecular complexity index is 1210. The Morgan fingerprint density at radius 2 is 1.81 bits per heavy atom. The number of piperazine rings is 1. The first-order chi connectivity index (χ1) is 17.4. The van der Waals surface area contributed by atoms with Crippen molar-refractivity contribution in [1.29, 1.82) is 0 Å². The Balaban J connectivity index is 1.68. The van der Waals surface area contributed by atoms with Gasteiger partial charge in [-0.25, -0.2) is 12.8 Å². The number of carbonyl (C=O) groups excluding carboxylic acids is 1. The number of hydrogen-bond acceptors (Lipinski definition) is 6. The summed E-state index contributed by atoms with van der Waals surface area (Å²) in [6.45, 7) is 5.55. The molecule has 12 heteroatoms. The third kappa shape index (κ3) is 7.48. The van der Waals surface area contributed by atoms with Gasteiger partial charge in [0.15, 0.2) is 5.25 Å². The predicted octanol–water partition coefficient (Wildman–Crippen LogP) is 3.14. The van der Waals surface area contributed by atoms with E-state index in [1.54, 1.807) is 35.2 Å². The van der Waals surface area contributed by atoms with Crippen molar-refractivity contribution >= 4 is 33.5 Å². The molecule has 0 saturated carbocycles. The van der Waals surface area contributed by atoms with E-state index in [0.717, 1.165) is 12.5 Å². The Hall–Kier alpha value is -2.57. The van der Waals surface area contributed by atoms with E-state index in [1.807, 2.05) is 13.8 Å². The summed E-state index contributed by atoms with van der Waals surface area (Å²) in [5.41, 5.74) is 1.43. The molecule has 2 aromatic rings. The van der Waals surface area contributed by atoms with Gasteiger partial charge in [-0.05, 0) is 56.2 Å². The van der Waals surface area contributed by atoms with E-state index in [9.17, 15) is 27.5 Å². The quantitative estimate of drug-likeness (QED) is 0.449. The number of halogens is 2. The van der Waals surface area contributed by atoms with Crippen molar-refractivity contribution < 1.29 is 32.3 Å². The van der Waals surface area contributed by atoms with Gasteiger partial charge in [-0.2, -0.15) is 0 Å². The van der Waals surface area contributed by atoms with Crippen LogP contribution in [0.4, 0.5) is 4.39 Å². The fourth-order valence-electron chi connectivity index (χ4n) is 4.10. The topological polar surface area (TPSA) is 107 Å². The number of amides is 1. The van der Waals surface area contributed by atoms with Crippen molar-refractivity contribution in [3.63, 3.8) is 0 Å². The molecule has 3 atom stereocenters. The lowest BCUT2D eigenvalue weighted by atomic mass is 10.1. The Morgan fingerprint density at radius 3 is 2.43 bits per heavy atom. The standard InChI is InChI=1S/C25H31ClFN3O6S/c1-17-13-29(18(2)12-28(17)14-20-7-9-23(27)10-8-20)24(31)16-36-30(37(34,35)19(3)25(32)33)15-21-5-4-6-22(26)11-21/h4-11,17-19H,12-16H2,1-3H3,(H,32,33)/t17-,18+,19?/m0/s1. The summed E-state index contributed by atoms with van der Waals surface area (Å²) in [6.07, 6.45) is 0. The Kier molecular flexibility index (Phi) is 9.65. The van der Waals surface area contributed by atoms with E-state index in [-0.39, 0.29) is 24.4 Å². The molecule has 0 radical (unpaired) electrons. The molecule has 0 bridgehead atoms. The van der Waals surface area contributed by atoms with Crippen LogP contribution in [0.25, 0.3) is 0 Å². The minimum absolute atomic E-state index is 0.0106. The van der Waals surface area contributed by atoms with Crippen molar-refractivity contribution in [3.8, 4) is 0 Å². The van der Waals surface area contributed by atoms with Crippen molar-refractivity contribution in [2.24, 2.45) is 0 Å². The van der Waals surface area contributed by atoms with Gasteiger partial charge in [0, 0.05) is 36.7 Å². The van der Waals surface area contributed by atoms with Crippen LogP contribution < -0.4 is 0 Å². The zero-order valence-electron chi connectivity index (χ0n) is 20.9. The molecule has 37 heavy (non-hydrogen) atoms. The lowest BCUT2D eigenvalue weighted by Crippen LogP contribution is -2.58. The second-order valence-electron chi connectivity index (χ2n) is 9.19. The average Bonchev–Trinajstić information content (AvgIpc) is 2.84. The van der Waals surface area contributed by atoms with Crippen LogP contribution in [-0.2, 0) is 37.5 Å². The predicted molar refractivity (Wildman–Crippen MR) is 136 cm³/mol. The highest BCUT2D eigenvalue weighted by Gasteiger charge is 2.37. The Morgan fingerprint density at radius 1 is 1.14 bits per heavy atom. The molecule has 2 aromatic carbocycles. The molecule has 1 N–H and O–H groups in total. The largest absolute Gasteiger partial charge is 0.480 e. The van der Waals surface area contributed by atoms with Crippen molar-refractivity contribution in [1.82, 2.24) is 14.3 Å². The van der Waals surface area contributed by atoms with Gasteiger partial charge in [0.05, 0.1) is 6.54 Å². The number of carbonyl (C=O) groups is 2. The Labute approximate surface area is 221 Å². The summed E-state index contributed by atoms with van der Waals surface area (Å²) in [4.78, 5) is 33.8. The number of nitrogens with zero attached hydrogens (tertiary/aromatic N) is 3. The van der Waals surface area contributed by atoms with E-state index in [4.69, 9.17) is 16.4 Å². The number of sulfonamides is 1. The highest BCUT2D eigenvalue weighted by Crippen LogP contribution is 2.21. The fraction of sp³-hybridized carbons (Fsp3) is 0.440. The van der Waals surface area contributed by atoms with E-state index in [1.165, 1.54) is 18.2 Å². The molecule has 0 spiro atoms. The van der Waals surface area contributed by atoms with Crippen LogP contribution in [0, 0.1) is 5.82 Å². The molecule has 1 amide bonds. The van der Waals surface area contributed by atoms with E-state index < -0.39 is 33.8 Å². The molecule has 1 heterocycles. The normalized spacial score (nSPS) is 19.7. The number of carboxylic acids is 1. The van der Waals surface area contributed by atoms with E-state index >= 15 is 0 Å². The first-order valence-electron chi connectivity index (χ1n) is 11.8. The SMILES string of the molecule is CC(C(=O)O)S(=O)(=O)N(Cc1cccc(Cl)c1)OCC(=O)N1C[C@H](C)N(Cc2ccc(F)cc2)C[C@H]1C. The van der Waals surface area contributed by atoms with Crippen molar-refractivity contribution in [2.75, 3.05) is 19.7 Å². The van der Waals surface area contributed by atoms with Crippen molar-refractivity contribution in [3.05, 3.63) is 70.5 Å². The molecule has 9 nitrogen and oxygen atoms in total. The summed E-state index contributed by atoms with van der Waals surface area (Å²) < 4.78 is 39.6. The molecule has 1 aliphatic rings. The fourth-order valence-corrected chi connectivity index (χ4v) is 5.45. The maximum Gasteiger partial charge on any atom is 0.323 e. The maximum atomic E-state index is 13.2. The number of rotatable bonds is 10. The van der Waals surface area contributed by atoms with Crippen LogP contribution in [0.3, 0.4) is 0 Å². The molecule has 1 saturated heterocycles. The van der Waals surface area contributed by atoms with E-state index in [0.29, 0.717) is 34.7 Å². The second kappa shape index (κ2) is 12.3. The second-order valence-corrected chi connectivity index (χ2v) is 11.8. The highest BCUT2D eigenvalue weighted by molar-refractivity contribution is 7.90. The lowest BCUT2D eigenvalue weighted by molar-refractivity contribution is -0.157. The van der Waals surface area contributed by atoms with Gasteiger partial charge in [0.2, 0.25) is 10.0 Å². The summed E-state index contributed by atoms with van der Waals surface area (Å²) in [6, 6.07) is 12.5. The monoisotopic (exact) mass is 555 g/mol. The molecular weight excluding hydrogens is 525 g/mol. The molecule has 1 aliphatic heterocycles.